The molecular formula is C34H28NOP. The van der Waals surface area contributed by atoms with E-state index in [1.807, 2.05) is 72.8 Å². The molecule has 0 amide bonds. The first-order chi connectivity index (χ1) is 18.2. The Morgan fingerprint density at radius 3 is 1.73 bits per heavy atom. The fraction of sp³-hybridized carbons (Fsp3) is 0.0588. The summed E-state index contributed by atoms with van der Waals surface area (Å²) in [6.45, 7) is 3.14. The number of hydrogen-bond acceptors (Lipinski definition) is 1. The third-order valence-electron chi connectivity index (χ3n) is 7.08. The number of benzene rings is 5. The Morgan fingerprint density at radius 2 is 1.08 bits per heavy atom. The Balaban J connectivity index is 1.34. The fourth-order valence-corrected chi connectivity index (χ4v) is 7.87. The lowest BCUT2D eigenvalue weighted by Crippen LogP contribution is -2.24. The zero-order valence-corrected chi connectivity index (χ0v) is 21.7. The van der Waals surface area contributed by atoms with Crippen LogP contribution in [0.2, 0.25) is 0 Å². The van der Waals surface area contributed by atoms with Gasteiger partial charge in [-0.1, -0.05) is 121 Å². The van der Waals surface area contributed by atoms with E-state index in [0.717, 1.165) is 33.6 Å². The molecule has 0 fully saturated rings. The highest BCUT2D eigenvalue weighted by Crippen LogP contribution is 2.42. The van der Waals surface area contributed by atoms with E-state index in [0.29, 0.717) is 0 Å². The predicted molar refractivity (Wildman–Crippen MR) is 160 cm³/mol. The van der Waals surface area contributed by atoms with Crippen molar-refractivity contribution in [3.8, 4) is 0 Å². The van der Waals surface area contributed by atoms with E-state index in [1.165, 1.54) is 21.8 Å². The Hall–Kier alpha value is -4.13. The first-order valence-corrected chi connectivity index (χ1v) is 14.4. The second-order valence-corrected chi connectivity index (χ2v) is 12.0. The molecule has 6 aromatic rings. The minimum Gasteiger partial charge on any atom is -0.341 e. The predicted octanol–water partition coefficient (Wildman–Crippen LogP) is 7.62. The highest BCUT2D eigenvalue weighted by atomic mass is 31.2. The molecule has 6 rings (SSSR count). The zero-order valence-electron chi connectivity index (χ0n) is 20.8. The van der Waals surface area contributed by atoms with Crippen LogP contribution in [0.5, 0.6) is 0 Å². The average molecular weight is 498 g/mol. The molecule has 0 N–H and O–H groups in total. The Morgan fingerprint density at radius 1 is 0.568 bits per heavy atom. The van der Waals surface area contributed by atoms with Crippen molar-refractivity contribution in [3.05, 3.63) is 139 Å². The normalized spacial score (nSPS) is 12.0. The zero-order chi connectivity index (χ0) is 25.2. The topological polar surface area (TPSA) is 22.0 Å². The SMILES string of the molecule is CCn1c2ccccc2c2cc(C=Cc3ccc(P(=O)(c4ccccc4)c4ccccc4)cc3)ccc21. The molecule has 1 heterocycles. The van der Waals surface area contributed by atoms with E-state index in [1.54, 1.807) is 0 Å². The molecule has 0 aliphatic carbocycles. The molecule has 0 aliphatic heterocycles. The molecular weight excluding hydrogens is 469 g/mol. The summed E-state index contributed by atoms with van der Waals surface area (Å²) in [4.78, 5) is 0. The van der Waals surface area contributed by atoms with Gasteiger partial charge in [0, 0.05) is 44.3 Å². The number of aryl methyl sites for hydroxylation is 1. The van der Waals surface area contributed by atoms with Crippen LogP contribution in [0.1, 0.15) is 18.1 Å². The van der Waals surface area contributed by atoms with Crippen molar-refractivity contribution >= 4 is 57.0 Å². The molecule has 0 atom stereocenters. The quantitative estimate of drug-likeness (QED) is 0.171. The van der Waals surface area contributed by atoms with Gasteiger partial charge in [0.15, 0.2) is 7.14 Å². The Kier molecular flexibility index (Phi) is 6.12. The van der Waals surface area contributed by atoms with E-state index in [9.17, 15) is 4.57 Å². The van der Waals surface area contributed by atoms with Gasteiger partial charge in [-0.15, -0.1) is 0 Å². The maximum atomic E-state index is 14.5. The van der Waals surface area contributed by atoms with Crippen LogP contribution in [0.4, 0.5) is 0 Å². The van der Waals surface area contributed by atoms with Gasteiger partial charge in [0.1, 0.15) is 0 Å². The van der Waals surface area contributed by atoms with Crippen molar-refractivity contribution in [1.82, 2.24) is 4.57 Å². The van der Waals surface area contributed by atoms with Crippen LogP contribution in [0.15, 0.2) is 127 Å². The van der Waals surface area contributed by atoms with Crippen molar-refractivity contribution in [2.24, 2.45) is 0 Å². The molecule has 3 heteroatoms. The summed E-state index contributed by atoms with van der Waals surface area (Å²) in [7, 11) is -2.95. The molecule has 37 heavy (non-hydrogen) atoms. The van der Waals surface area contributed by atoms with Crippen LogP contribution in [0.3, 0.4) is 0 Å². The first-order valence-electron chi connectivity index (χ1n) is 12.7. The van der Waals surface area contributed by atoms with Gasteiger partial charge in [-0.25, -0.2) is 0 Å². The van der Waals surface area contributed by atoms with Gasteiger partial charge in [-0.05, 0) is 36.2 Å². The van der Waals surface area contributed by atoms with E-state index >= 15 is 0 Å². The van der Waals surface area contributed by atoms with Crippen molar-refractivity contribution in [2.45, 2.75) is 13.5 Å². The Labute approximate surface area is 217 Å². The number of hydrogen-bond donors (Lipinski definition) is 0. The van der Waals surface area contributed by atoms with Crippen molar-refractivity contribution in [3.63, 3.8) is 0 Å². The summed E-state index contributed by atoms with van der Waals surface area (Å²) < 4.78 is 16.9. The minimum atomic E-state index is -2.95. The van der Waals surface area contributed by atoms with Gasteiger partial charge < -0.3 is 9.13 Å². The van der Waals surface area contributed by atoms with Gasteiger partial charge >= 0.3 is 0 Å². The Bertz CT molecular complexity index is 1720. The molecule has 0 radical (unpaired) electrons. The maximum absolute atomic E-state index is 14.5. The van der Waals surface area contributed by atoms with Gasteiger partial charge in [0.2, 0.25) is 0 Å². The van der Waals surface area contributed by atoms with Crippen molar-refractivity contribution in [1.29, 1.82) is 0 Å². The monoisotopic (exact) mass is 497 g/mol. The van der Waals surface area contributed by atoms with Gasteiger partial charge in [0.05, 0.1) is 0 Å². The molecule has 0 spiro atoms. The van der Waals surface area contributed by atoms with Crippen LogP contribution in [0.25, 0.3) is 34.0 Å². The first kappa shape index (κ1) is 23.3. The van der Waals surface area contributed by atoms with E-state index < -0.39 is 7.14 Å². The fourth-order valence-electron chi connectivity index (χ4n) is 5.23. The largest absolute Gasteiger partial charge is 0.341 e. The summed E-state index contributed by atoms with van der Waals surface area (Å²) in [6, 6.07) is 43.0. The molecule has 2 nitrogen and oxygen atoms in total. The summed E-state index contributed by atoms with van der Waals surface area (Å²) in [5.41, 5.74) is 4.78. The van der Waals surface area contributed by atoms with Crippen LogP contribution in [-0.2, 0) is 11.1 Å². The number of fused-ring (bicyclic) bond motifs is 3. The van der Waals surface area contributed by atoms with Crippen LogP contribution in [-0.4, -0.2) is 4.57 Å². The highest BCUT2D eigenvalue weighted by molar-refractivity contribution is 7.85. The molecule has 5 aromatic carbocycles. The summed E-state index contributed by atoms with van der Waals surface area (Å²) >= 11 is 0. The number of aromatic nitrogens is 1. The molecule has 0 unspecified atom stereocenters. The smallest absolute Gasteiger partial charge is 0.171 e. The van der Waals surface area contributed by atoms with Gasteiger partial charge in [-0.3, -0.25) is 0 Å². The number of rotatable bonds is 6. The third kappa shape index (κ3) is 4.14. The lowest BCUT2D eigenvalue weighted by atomic mass is 10.1. The highest BCUT2D eigenvalue weighted by Gasteiger charge is 2.29. The van der Waals surface area contributed by atoms with Crippen molar-refractivity contribution < 1.29 is 4.57 Å². The second kappa shape index (κ2) is 9.73. The molecule has 0 bridgehead atoms. The van der Waals surface area contributed by atoms with E-state index in [2.05, 4.69) is 78.2 Å². The lowest BCUT2D eigenvalue weighted by molar-refractivity contribution is 0.592. The molecule has 180 valence electrons. The summed E-state index contributed by atoms with van der Waals surface area (Å²) in [5, 5.41) is 5.11. The molecule has 0 saturated heterocycles. The van der Waals surface area contributed by atoms with Gasteiger partial charge in [0.25, 0.3) is 0 Å². The summed E-state index contributed by atoms with van der Waals surface area (Å²) in [5.74, 6) is 0. The lowest BCUT2D eigenvalue weighted by Gasteiger charge is -2.20. The van der Waals surface area contributed by atoms with Crippen LogP contribution >= 0.6 is 7.14 Å². The third-order valence-corrected chi connectivity index (χ3v) is 10.2. The molecule has 1 aromatic heterocycles. The standard InChI is InChI=1S/C34H28NOP/c1-2-35-33-16-10-9-15-31(33)32-25-27(21-24-34(32)35)18-17-26-19-22-30(23-20-26)37(36,28-11-5-3-6-12-28)29-13-7-4-8-14-29/h3-25H,2H2,1H3. The minimum absolute atomic E-state index is 0.843. The van der Waals surface area contributed by atoms with E-state index in [-0.39, 0.29) is 0 Å². The van der Waals surface area contributed by atoms with Gasteiger partial charge in [-0.2, -0.15) is 0 Å². The van der Waals surface area contributed by atoms with E-state index in [4.69, 9.17) is 0 Å². The van der Waals surface area contributed by atoms with Crippen molar-refractivity contribution in [2.75, 3.05) is 0 Å². The van der Waals surface area contributed by atoms with Crippen LogP contribution in [0, 0.1) is 0 Å². The average Bonchev–Trinajstić information content (AvgIpc) is 3.30. The maximum Gasteiger partial charge on any atom is 0.171 e. The summed E-state index contributed by atoms with van der Waals surface area (Å²) in [6.07, 6.45) is 4.28. The molecule has 0 aliphatic rings. The second-order valence-electron chi connectivity index (χ2n) is 9.24. The number of para-hydroxylation sites is 1. The molecule has 0 saturated carbocycles. The van der Waals surface area contributed by atoms with Crippen LogP contribution < -0.4 is 15.9 Å². The number of nitrogens with zero attached hydrogens (tertiary/aromatic N) is 1.